The van der Waals surface area contributed by atoms with E-state index in [9.17, 15) is 17.6 Å². The molecule has 1 saturated heterocycles. The molecule has 0 saturated carbocycles. The zero-order valence-corrected chi connectivity index (χ0v) is 15.7. The second kappa shape index (κ2) is 6.81. The van der Waals surface area contributed by atoms with Crippen LogP contribution < -0.4 is 9.62 Å². The highest BCUT2D eigenvalue weighted by Gasteiger charge is 2.35. The Kier molecular flexibility index (Phi) is 4.86. The second-order valence-electron chi connectivity index (χ2n) is 6.63. The summed E-state index contributed by atoms with van der Waals surface area (Å²) in [5, 5.41) is 0. The first-order valence-corrected chi connectivity index (χ1v) is 9.84. The van der Waals surface area contributed by atoms with Gasteiger partial charge in [-0.15, -0.1) is 0 Å². The zero-order chi connectivity index (χ0) is 19.1. The molecule has 0 radical (unpaired) electrons. The average molecular weight is 376 g/mol. The number of carbonyl (C=O) groups is 1. The third kappa shape index (κ3) is 3.50. The highest BCUT2D eigenvalue weighted by molar-refractivity contribution is 7.89. The van der Waals surface area contributed by atoms with Gasteiger partial charge >= 0.3 is 0 Å². The minimum atomic E-state index is -3.79. The molecule has 1 amide bonds. The monoisotopic (exact) mass is 376 g/mol. The summed E-state index contributed by atoms with van der Waals surface area (Å²) in [6, 6.07) is 8.47. The lowest BCUT2D eigenvalue weighted by molar-refractivity contribution is -0.118. The van der Waals surface area contributed by atoms with E-state index in [2.05, 4.69) is 4.72 Å². The van der Waals surface area contributed by atoms with Crippen LogP contribution >= 0.6 is 0 Å². The number of carbonyl (C=O) groups excluding carboxylic acids is 1. The molecule has 1 aliphatic rings. The molecule has 2 aromatic carbocycles. The lowest BCUT2D eigenvalue weighted by Crippen LogP contribution is -2.41. The normalized spacial score (nSPS) is 17.8. The fraction of sp³-hybridized carbons (Fsp3) is 0.316. The molecule has 1 atom stereocenters. The van der Waals surface area contributed by atoms with Gasteiger partial charge in [-0.3, -0.25) is 4.79 Å². The van der Waals surface area contributed by atoms with Crippen LogP contribution in [0, 0.1) is 26.6 Å². The molecule has 0 unspecified atom stereocenters. The molecule has 1 N–H and O–H groups in total. The van der Waals surface area contributed by atoms with E-state index in [1.165, 1.54) is 23.1 Å². The number of nitrogens with one attached hydrogen (secondary N) is 1. The number of hydrogen-bond donors (Lipinski definition) is 1. The van der Waals surface area contributed by atoms with Crippen LogP contribution in [0.5, 0.6) is 0 Å². The summed E-state index contributed by atoms with van der Waals surface area (Å²) in [5.41, 5.74) is 2.88. The Balaban J connectivity index is 1.79. The first-order chi connectivity index (χ1) is 12.2. The van der Waals surface area contributed by atoms with Crippen molar-refractivity contribution in [3.05, 3.63) is 58.9 Å². The van der Waals surface area contributed by atoms with Crippen molar-refractivity contribution in [3.8, 4) is 0 Å². The van der Waals surface area contributed by atoms with E-state index >= 15 is 0 Å². The smallest absolute Gasteiger partial charge is 0.245 e. The number of halogens is 1. The molecule has 1 aliphatic heterocycles. The van der Waals surface area contributed by atoms with E-state index in [0.717, 1.165) is 11.1 Å². The van der Waals surface area contributed by atoms with E-state index in [1.807, 2.05) is 13.8 Å². The van der Waals surface area contributed by atoms with E-state index in [-0.39, 0.29) is 16.6 Å². The molecule has 0 aliphatic carbocycles. The molecule has 0 spiro atoms. The third-order valence-electron chi connectivity index (χ3n) is 4.74. The summed E-state index contributed by atoms with van der Waals surface area (Å²) in [7, 11) is -3.79. The fourth-order valence-electron chi connectivity index (χ4n) is 2.98. The van der Waals surface area contributed by atoms with Crippen molar-refractivity contribution < 1.29 is 17.6 Å². The average Bonchev–Trinajstić information content (AvgIpc) is 2.93. The van der Waals surface area contributed by atoms with Crippen molar-refractivity contribution in [3.63, 3.8) is 0 Å². The van der Waals surface area contributed by atoms with Crippen LogP contribution in [0.15, 0.2) is 41.3 Å². The van der Waals surface area contributed by atoms with Crippen LogP contribution in [0.3, 0.4) is 0 Å². The number of sulfonamides is 1. The first-order valence-electron chi connectivity index (χ1n) is 8.36. The SMILES string of the molecule is Cc1ccc(S(=O)(=O)N[C@H]2CCN(c3ccc(F)c(C)c3)C2=O)cc1C. The summed E-state index contributed by atoms with van der Waals surface area (Å²) in [4.78, 5) is 14.3. The summed E-state index contributed by atoms with van der Waals surface area (Å²) in [6.07, 6.45) is 0.360. The number of nitrogens with zero attached hydrogens (tertiary/aromatic N) is 1. The van der Waals surface area contributed by atoms with Crippen LogP contribution in [0.4, 0.5) is 10.1 Å². The largest absolute Gasteiger partial charge is 0.311 e. The van der Waals surface area contributed by atoms with Crippen molar-refractivity contribution in [1.29, 1.82) is 0 Å². The van der Waals surface area contributed by atoms with Crippen LogP contribution in [0.2, 0.25) is 0 Å². The minimum Gasteiger partial charge on any atom is -0.311 e. The predicted octanol–water partition coefficient (Wildman–Crippen LogP) is 2.83. The van der Waals surface area contributed by atoms with E-state index in [4.69, 9.17) is 0 Å². The van der Waals surface area contributed by atoms with Gasteiger partial charge in [0.25, 0.3) is 0 Å². The molecule has 0 aromatic heterocycles. The van der Waals surface area contributed by atoms with Gasteiger partial charge in [0.1, 0.15) is 11.9 Å². The minimum absolute atomic E-state index is 0.143. The Morgan fingerprint density at radius 1 is 1.04 bits per heavy atom. The predicted molar refractivity (Wildman–Crippen MR) is 98.1 cm³/mol. The maximum absolute atomic E-state index is 13.4. The van der Waals surface area contributed by atoms with Crippen LogP contribution in [0.1, 0.15) is 23.1 Å². The lowest BCUT2D eigenvalue weighted by Gasteiger charge is -2.18. The Morgan fingerprint density at radius 3 is 2.42 bits per heavy atom. The van der Waals surface area contributed by atoms with Gasteiger partial charge in [0, 0.05) is 12.2 Å². The molecular formula is C19H21FN2O3S. The van der Waals surface area contributed by atoms with Crippen molar-refractivity contribution in [1.82, 2.24) is 4.72 Å². The number of benzene rings is 2. The topological polar surface area (TPSA) is 66.5 Å². The van der Waals surface area contributed by atoms with Crippen molar-refractivity contribution in [2.75, 3.05) is 11.4 Å². The Bertz CT molecular complexity index is 973. The van der Waals surface area contributed by atoms with Crippen molar-refractivity contribution in [2.24, 2.45) is 0 Å². The summed E-state index contributed by atoms with van der Waals surface area (Å²) in [5.74, 6) is -0.671. The van der Waals surface area contributed by atoms with Crippen LogP contribution in [-0.4, -0.2) is 26.9 Å². The molecule has 138 valence electrons. The van der Waals surface area contributed by atoms with Crippen LogP contribution in [0.25, 0.3) is 0 Å². The number of amides is 1. The number of aryl methyl sites for hydroxylation is 3. The molecule has 2 aromatic rings. The Morgan fingerprint density at radius 2 is 1.77 bits per heavy atom. The molecule has 26 heavy (non-hydrogen) atoms. The van der Waals surface area contributed by atoms with Gasteiger partial charge in [0.05, 0.1) is 4.90 Å². The van der Waals surface area contributed by atoms with Gasteiger partial charge in [0.2, 0.25) is 15.9 Å². The number of rotatable bonds is 4. The second-order valence-corrected chi connectivity index (χ2v) is 8.35. The van der Waals surface area contributed by atoms with E-state index < -0.39 is 16.1 Å². The highest BCUT2D eigenvalue weighted by Crippen LogP contribution is 2.25. The van der Waals surface area contributed by atoms with Gasteiger partial charge in [-0.1, -0.05) is 6.07 Å². The van der Waals surface area contributed by atoms with E-state index in [1.54, 1.807) is 25.1 Å². The fourth-order valence-corrected chi connectivity index (χ4v) is 4.29. The number of anilines is 1. The van der Waals surface area contributed by atoms with Crippen molar-refractivity contribution >= 4 is 21.6 Å². The maximum atomic E-state index is 13.4. The van der Waals surface area contributed by atoms with Gasteiger partial charge in [-0.05, 0) is 74.2 Å². The van der Waals surface area contributed by atoms with E-state index in [0.29, 0.717) is 24.2 Å². The molecule has 1 heterocycles. The van der Waals surface area contributed by atoms with Gasteiger partial charge in [-0.25, -0.2) is 12.8 Å². The quantitative estimate of drug-likeness (QED) is 0.892. The standard InChI is InChI=1S/C19H21FN2O3S/c1-12-4-6-16(11-13(12)2)26(24,25)21-18-8-9-22(19(18)23)15-5-7-17(20)14(3)10-15/h4-7,10-11,18,21H,8-9H2,1-3H3/t18-/m0/s1. The van der Waals surface area contributed by atoms with Crippen molar-refractivity contribution in [2.45, 2.75) is 38.1 Å². The molecular weight excluding hydrogens is 355 g/mol. The van der Waals surface area contributed by atoms with Gasteiger partial charge in [0.15, 0.2) is 0 Å². The molecule has 1 fully saturated rings. The summed E-state index contributed by atoms with van der Waals surface area (Å²) >= 11 is 0. The maximum Gasteiger partial charge on any atom is 0.245 e. The first kappa shape index (κ1) is 18.5. The Labute approximate surface area is 152 Å². The molecule has 7 heteroatoms. The third-order valence-corrected chi connectivity index (χ3v) is 6.21. The molecule has 5 nitrogen and oxygen atoms in total. The molecule has 3 rings (SSSR count). The zero-order valence-electron chi connectivity index (χ0n) is 14.9. The molecule has 0 bridgehead atoms. The Hall–Kier alpha value is -2.25. The highest BCUT2D eigenvalue weighted by atomic mass is 32.2. The summed E-state index contributed by atoms with van der Waals surface area (Å²) in [6.45, 7) is 5.75. The van der Waals surface area contributed by atoms with Crippen LogP contribution in [-0.2, 0) is 14.8 Å². The van der Waals surface area contributed by atoms with Gasteiger partial charge in [-0.2, -0.15) is 4.72 Å². The summed E-state index contributed by atoms with van der Waals surface area (Å²) < 4.78 is 41.2. The lowest BCUT2D eigenvalue weighted by atomic mass is 10.1. The van der Waals surface area contributed by atoms with Gasteiger partial charge < -0.3 is 4.90 Å². The number of hydrogen-bond acceptors (Lipinski definition) is 3.